The Morgan fingerprint density at radius 1 is 1.18 bits per heavy atom. The highest BCUT2D eigenvalue weighted by atomic mass is 35.5. The van der Waals surface area contributed by atoms with Crippen molar-refractivity contribution in [3.05, 3.63) is 47.2 Å². The van der Waals surface area contributed by atoms with E-state index in [1.165, 1.54) is 12.1 Å². The van der Waals surface area contributed by atoms with E-state index in [2.05, 4.69) is 21.0 Å². The summed E-state index contributed by atoms with van der Waals surface area (Å²) in [5, 5.41) is 5.13. The third-order valence-electron chi connectivity index (χ3n) is 5.82. The summed E-state index contributed by atoms with van der Waals surface area (Å²) in [6, 6.07) is 10.5. The molecule has 0 unspecified atom stereocenters. The van der Waals surface area contributed by atoms with Crippen molar-refractivity contribution >= 4 is 23.2 Å². The number of carbonyl (C=O) groups excluding carboxylic acids is 1. The number of hydrogen-bond donors (Lipinski definition) is 0. The predicted octanol–water partition coefficient (Wildman–Crippen LogP) is 2.66. The monoisotopic (exact) mass is 401 g/mol. The van der Waals surface area contributed by atoms with Crippen LogP contribution >= 0.6 is 11.6 Å². The molecule has 4 rings (SSSR count). The van der Waals surface area contributed by atoms with Crippen molar-refractivity contribution in [2.24, 2.45) is 0 Å². The molecule has 0 aliphatic carbocycles. The molecule has 6 nitrogen and oxygen atoms in total. The van der Waals surface area contributed by atoms with E-state index in [-0.39, 0.29) is 5.91 Å². The van der Waals surface area contributed by atoms with Gasteiger partial charge in [-0.1, -0.05) is 17.7 Å². The predicted molar refractivity (Wildman–Crippen MR) is 112 cm³/mol. The minimum atomic E-state index is 0.172. The molecule has 2 aliphatic heterocycles. The lowest BCUT2D eigenvalue weighted by atomic mass is 10.0. The molecule has 3 heterocycles. The number of amides is 1. The largest absolute Gasteiger partial charge is 0.369 e. The molecule has 1 amide bonds. The zero-order chi connectivity index (χ0) is 19.5. The first-order valence-corrected chi connectivity index (χ1v) is 10.5. The summed E-state index contributed by atoms with van der Waals surface area (Å²) in [4.78, 5) is 19.7. The summed E-state index contributed by atoms with van der Waals surface area (Å²) in [6.07, 6.45) is 4.12. The van der Waals surface area contributed by atoms with Crippen LogP contribution in [0.4, 0.5) is 5.69 Å². The number of piperazine rings is 1. The highest BCUT2D eigenvalue weighted by Gasteiger charge is 2.30. The lowest BCUT2D eigenvalue weighted by molar-refractivity contribution is -0.134. The van der Waals surface area contributed by atoms with E-state index in [0.717, 1.165) is 56.4 Å². The standard InChI is InChI=1S/C21H28ClN5O/c1-17-7-9-27(23-17)16-21(28)26-8-3-6-20(15-26)25-12-10-24(11-13-25)19-5-2-4-18(22)14-19/h2,4-5,7,9,14,20H,3,6,8,10-13,15-16H2,1H3/t20-/m1/s1. The number of anilines is 1. The quantitative estimate of drug-likeness (QED) is 0.790. The van der Waals surface area contributed by atoms with Crippen LogP contribution in [0.3, 0.4) is 0 Å². The van der Waals surface area contributed by atoms with Gasteiger partial charge in [0.2, 0.25) is 5.91 Å². The van der Waals surface area contributed by atoms with Crippen molar-refractivity contribution in [1.29, 1.82) is 0 Å². The van der Waals surface area contributed by atoms with Gasteiger partial charge in [-0.3, -0.25) is 14.4 Å². The lowest BCUT2D eigenvalue weighted by Crippen LogP contribution is -2.56. The summed E-state index contributed by atoms with van der Waals surface area (Å²) in [7, 11) is 0. The third-order valence-corrected chi connectivity index (χ3v) is 6.06. The van der Waals surface area contributed by atoms with Crippen LogP contribution in [0.15, 0.2) is 36.5 Å². The Morgan fingerprint density at radius 2 is 2.00 bits per heavy atom. The van der Waals surface area contributed by atoms with E-state index in [4.69, 9.17) is 11.6 Å². The third kappa shape index (κ3) is 4.50. The van der Waals surface area contributed by atoms with Crippen molar-refractivity contribution in [1.82, 2.24) is 19.6 Å². The number of aromatic nitrogens is 2. The minimum Gasteiger partial charge on any atom is -0.369 e. The van der Waals surface area contributed by atoms with E-state index < -0.39 is 0 Å². The summed E-state index contributed by atoms with van der Waals surface area (Å²) in [6.45, 7) is 8.02. The smallest absolute Gasteiger partial charge is 0.244 e. The molecule has 2 saturated heterocycles. The Labute approximate surface area is 171 Å². The van der Waals surface area contributed by atoms with Crippen molar-refractivity contribution in [2.45, 2.75) is 32.4 Å². The van der Waals surface area contributed by atoms with Gasteiger partial charge in [-0.15, -0.1) is 0 Å². The lowest BCUT2D eigenvalue weighted by Gasteiger charge is -2.44. The van der Waals surface area contributed by atoms with Crippen LogP contribution < -0.4 is 4.90 Å². The topological polar surface area (TPSA) is 44.6 Å². The van der Waals surface area contributed by atoms with Crippen LogP contribution in [0.1, 0.15) is 18.5 Å². The fourth-order valence-corrected chi connectivity index (χ4v) is 4.47. The SMILES string of the molecule is Cc1ccn(CC(=O)N2CCC[C@@H](N3CCN(c4cccc(Cl)c4)CC3)C2)n1. The molecule has 0 radical (unpaired) electrons. The zero-order valence-electron chi connectivity index (χ0n) is 16.4. The van der Waals surface area contributed by atoms with Gasteiger partial charge in [0.05, 0.1) is 5.69 Å². The van der Waals surface area contributed by atoms with Gasteiger partial charge in [-0.05, 0) is 44.0 Å². The molecule has 0 N–H and O–H groups in total. The Morgan fingerprint density at radius 3 is 2.71 bits per heavy atom. The van der Waals surface area contributed by atoms with Gasteiger partial charge in [0.25, 0.3) is 0 Å². The summed E-state index contributed by atoms with van der Waals surface area (Å²) >= 11 is 6.14. The van der Waals surface area contributed by atoms with Crippen LogP contribution in [-0.2, 0) is 11.3 Å². The van der Waals surface area contributed by atoms with E-state index in [1.54, 1.807) is 4.68 Å². The molecule has 2 aliphatic rings. The number of benzene rings is 1. The Hall–Kier alpha value is -2.05. The number of hydrogen-bond acceptors (Lipinski definition) is 4. The average Bonchev–Trinajstić information content (AvgIpc) is 3.13. The maximum Gasteiger partial charge on any atom is 0.244 e. The Balaban J connectivity index is 1.31. The molecule has 1 atom stereocenters. The second-order valence-electron chi connectivity index (χ2n) is 7.79. The van der Waals surface area contributed by atoms with Crippen LogP contribution in [-0.4, -0.2) is 70.8 Å². The zero-order valence-corrected chi connectivity index (χ0v) is 17.2. The Bertz CT molecular complexity index is 815. The molecule has 1 aromatic heterocycles. The number of halogens is 1. The van der Waals surface area contributed by atoms with Crippen LogP contribution in [0.2, 0.25) is 5.02 Å². The number of piperidine rings is 1. The van der Waals surface area contributed by atoms with Gasteiger partial charge < -0.3 is 9.80 Å². The first-order valence-electron chi connectivity index (χ1n) is 10.1. The molecular weight excluding hydrogens is 374 g/mol. The molecule has 2 aromatic rings. The van der Waals surface area contributed by atoms with Crippen LogP contribution in [0.5, 0.6) is 0 Å². The van der Waals surface area contributed by atoms with E-state index >= 15 is 0 Å². The molecule has 7 heteroatoms. The molecule has 1 aromatic carbocycles. The highest BCUT2D eigenvalue weighted by molar-refractivity contribution is 6.30. The van der Waals surface area contributed by atoms with E-state index in [1.807, 2.05) is 42.3 Å². The minimum absolute atomic E-state index is 0.172. The number of aryl methyl sites for hydroxylation is 1. The number of rotatable bonds is 4. The molecular formula is C21H28ClN5O. The van der Waals surface area contributed by atoms with Gasteiger partial charge in [-0.2, -0.15) is 5.10 Å². The average molecular weight is 402 g/mol. The van der Waals surface area contributed by atoms with Crippen molar-refractivity contribution in [2.75, 3.05) is 44.2 Å². The fourth-order valence-electron chi connectivity index (χ4n) is 4.29. The molecule has 2 fully saturated rings. The van der Waals surface area contributed by atoms with Gasteiger partial charge in [0.1, 0.15) is 6.54 Å². The summed E-state index contributed by atoms with van der Waals surface area (Å²) in [5.41, 5.74) is 2.14. The highest BCUT2D eigenvalue weighted by Crippen LogP contribution is 2.23. The second-order valence-corrected chi connectivity index (χ2v) is 8.23. The molecule has 0 spiro atoms. The first kappa shape index (κ1) is 19.3. The maximum atomic E-state index is 12.7. The van der Waals surface area contributed by atoms with Crippen LogP contribution in [0, 0.1) is 6.92 Å². The van der Waals surface area contributed by atoms with Gasteiger partial charge in [0.15, 0.2) is 0 Å². The van der Waals surface area contributed by atoms with Gasteiger partial charge in [0, 0.05) is 62.2 Å². The molecule has 150 valence electrons. The fraction of sp³-hybridized carbons (Fsp3) is 0.524. The normalized spacial score (nSPS) is 21.1. The molecule has 0 saturated carbocycles. The maximum absolute atomic E-state index is 12.7. The number of likely N-dealkylation sites (tertiary alicyclic amines) is 1. The van der Waals surface area contributed by atoms with Crippen LogP contribution in [0.25, 0.3) is 0 Å². The van der Waals surface area contributed by atoms with Crippen molar-refractivity contribution in [3.8, 4) is 0 Å². The molecule has 0 bridgehead atoms. The van der Waals surface area contributed by atoms with E-state index in [0.29, 0.717) is 12.6 Å². The summed E-state index contributed by atoms with van der Waals surface area (Å²) < 4.78 is 1.74. The summed E-state index contributed by atoms with van der Waals surface area (Å²) in [5.74, 6) is 0.172. The number of nitrogens with zero attached hydrogens (tertiary/aromatic N) is 5. The second kappa shape index (κ2) is 8.53. The van der Waals surface area contributed by atoms with Crippen molar-refractivity contribution in [3.63, 3.8) is 0 Å². The van der Waals surface area contributed by atoms with Gasteiger partial charge in [-0.25, -0.2) is 0 Å². The van der Waals surface area contributed by atoms with E-state index in [9.17, 15) is 4.79 Å². The Kier molecular flexibility index (Phi) is 5.87. The van der Waals surface area contributed by atoms with Gasteiger partial charge >= 0.3 is 0 Å². The first-order chi connectivity index (χ1) is 13.6. The number of carbonyl (C=O) groups is 1. The molecule has 28 heavy (non-hydrogen) atoms. The van der Waals surface area contributed by atoms with Crippen molar-refractivity contribution < 1.29 is 4.79 Å².